The van der Waals surface area contributed by atoms with Gasteiger partial charge in [-0.15, -0.1) is 0 Å². The van der Waals surface area contributed by atoms with Crippen molar-refractivity contribution in [1.29, 1.82) is 0 Å². The Morgan fingerprint density at radius 2 is 2.11 bits per heavy atom. The Kier molecular flexibility index (Phi) is 3.94. The molecule has 1 aliphatic rings. The van der Waals surface area contributed by atoms with E-state index in [1.165, 1.54) is 0 Å². The van der Waals surface area contributed by atoms with Gasteiger partial charge in [0.25, 0.3) is 0 Å². The molecule has 0 amide bonds. The van der Waals surface area contributed by atoms with Crippen LogP contribution in [0.1, 0.15) is 12.5 Å². The predicted molar refractivity (Wildman–Crippen MR) is 111 cm³/mol. The highest BCUT2D eigenvalue weighted by Crippen LogP contribution is 2.26. The second-order valence-corrected chi connectivity index (χ2v) is 7.55. The number of pyridine rings is 1. The lowest BCUT2D eigenvalue weighted by molar-refractivity contribution is 0.485. The smallest absolute Gasteiger partial charge is 0.193 e. The lowest BCUT2D eigenvalue weighted by Crippen LogP contribution is -2.49. The van der Waals surface area contributed by atoms with Crippen molar-refractivity contribution < 1.29 is 4.42 Å². The van der Waals surface area contributed by atoms with Gasteiger partial charge in [-0.25, -0.2) is 4.98 Å². The van der Waals surface area contributed by atoms with Crippen molar-refractivity contribution in [3.63, 3.8) is 0 Å². The van der Waals surface area contributed by atoms with E-state index in [1.54, 1.807) is 6.07 Å². The summed E-state index contributed by atoms with van der Waals surface area (Å²) in [5.41, 5.74) is 4.23. The van der Waals surface area contributed by atoms with E-state index in [-0.39, 0.29) is 5.43 Å². The molecule has 1 atom stereocenters. The second kappa shape index (κ2) is 6.49. The van der Waals surface area contributed by atoms with Crippen molar-refractivity contribution >= 4 is 22.3 Å². The van der Waals surface area contributed by atoms with Gasteiger partial charge >= 0.3 is 0 Å². The van der Waals surface area contributed by atoms with E-state index in [2.05, 4.69) is 22.1 Å². The molecule has 5 rings (SSSR count). The number of hydrogen-bond donors (Lipinski definition) is 1. The van der Waals surface area contributed by atoms with Gasteiger partial charge in [0.15, 0.2) is 11.2 Å². The number of aromatic nitrogens is 2. The molecular weight excluding hydrogens is 352 g/mol. The Hall–Kier alpha value is -3.12. The summed E-state index contributed by atoms with van der Waals surface area (Å²) in [6.45, 7) is 7.00. The Bertz CT molecular complexity index is 1240. The van der Waals surface area contributed by atoms with Crippen LogP contribution in [0, 0.1) is 6.92 Å². The van der Waals surface area contributed by atoms with Crippen molar-refractivity contribution in [1.82, 2.24) is 14.7 Å². The highest BCUT2D eigenvalue weighted by molar-refractivity contribution is 5.82. The Balaban J connectivity index is 1.56. The minimum Gasteiger partial charge on any atom is -0.454 e. The van der Waals surface area contributed by atoms with E-state index in [0.717, 1.165) is 36.5 Å². The first-order chi connectivity index (χ1) is 13.6. The SMILES string of the molecule is Cc1ccn2cc(-c3cc(=O)c4cc(N5CCN[C@H](C)C5)ccc4o3)nc2c1. The van der Waals surface area contributed by atoms with E-state index in [4.69, 9.17) is 4.42 Å². The maximum Gasteiger partial charge on any atom is 0.193 e. The molecule has 142 valence electrons. The van der Waals surface area contributed by atoms with Gasteiger partial charge in [0.05, 0.1) is 5.39 Å². The van der Waals surface area contributed by atoms with E-state index < -0.39 is 0 Å². The molecule has 4 heterocycles. The zero-order valence-electron chi connectivity index (χ0n) is 16.0. The normalized spacial score (nSPS) is 17.5. The molecule has 1 aliphatic heterocycles. The number of nitrogens with one attached hydrogen (secondary N) is 1. The molecule has 0 saturated carbocycles. The number of aryl methyl sites for hydroxylation is 1. The molecular formula is C22H22N4O2. The third-order valence-corrected chi connectivity index (χ3v) is 5.31. The van der Waals surface area contributed by atoms with E-state index in [9.17, 15) is 4.79 Å². The number of anilines is 1. The molecule has 6 nitrogen and oxygen atoms in total. The maximum absolute atomic E-state index is 12.8. The van der Waals surface area contributed by atoms with Crippen LogP contribution in [0.2, 0.25) is 0 Å². The molecule has 6 heteroatoms. The lowest BCUT2D eigenvalue weighted by Gasteiger charge is -2.33. The molecule has 0 spiro atoms. The third kappa shape index (κ3) is 2.96. The van der Waals surface area contributed by atoms with Crippen molar-refractivity contribution in [2.75, 3.05) is 24.5 Å². The van der Waals surface area contributed by atoms with Crippen LogP contribution in [-0.2, 0) is 0 Å². The van der Waals surface area contributed by atoms with Gasteiger partial charge in [0.1, 0.15) is 16.9 Å². The maximum atomic E-state index is 12.8. The molecule has 0 aliphatic carbocycles. The monoisotopic (exact) mass is 374 g/mol. The highest BCUT2D eigenvalue weighted by Gasteiger charge is 2.17. The van der Waals surface area contributed by atoms with Crippen LogP contribution >= 0.6 is 0 Å². The molecule has 0 unspecified atom stereocenters. The number of hydrogen-bond acceptors (Lipinski definition) is 5. The Morgan fingerprint density at radius 1 is 1.21 bits per heavy atom. The molecule has 1 N–H and O–H groups in total. The summed E-state index contributed by atoms with van der Waals surface area (Å²) in [7, 11) is 0. The highest BCUT2D eigenvalue weighted by atomic mass is 16.3. The lowest BCUT2D eigenvalue weighted by atomic mass is 10.1. The number of fused-ring (bicyclic) bond motifs is 2. The molecule has 0 bridgehead atoms. The van der Waals surface area contributed by atoms with E-state index in [0.29, 0.717) is 28.5 Å². The molecule has 0 radical (unpaired) electrons. The van der Waals surface area contributed by atoms with Gasteiger partial charge < -0.3 is 19.0 Å². The summed E-state index contributed by atoms with van der Waals surface area (Å²) in [4.78, 5) is 19.7. The van der Waals surface area contributed by atoms with E-state index in [1.807, 2.05) is 54.0 Å². The zero-order valence-corrected chi connectivity index (χ0v) is 16.0. The van der Waals surface area contributed by atoms with E-state index >= 15 is 0 Å². The van der Waals surface area contributed by atoms with Gasteiger partial charge in [0, 0.05) is 49.8 Å². The summed E-state index contributed by atoms with van der Waals surface area (Å²) in [5, 5.41) is 4.04. The van der Waals surface area contributed by atoms with Crippen LogP contribution in [0.25, 0.3) is 28.1 Å². The van der Waals surface area contributed by atoms with Gasteiger partial charge in [-0.1, -0.05) is 0 Å². The standard InChI is InChI=1S/C22H22N4O2/c1-14-5-7-26-13-18(24-22(26)9-14)21-11-19(27)17-10-16(3-4-20(17)28-21)25-8-6-23-15(2)12-25/h3-5,7,9-11,13,15,23H,6,8,12H2,1-2H3/t15-/m1/s1. The number of rotatable bonds is 2. The number of piperazine rings is 1. The molecule has 1 fully saturated rings. The quantitative estimate of drug-likeness (QED) is 0.584. The van der Waals surface area contributed by atoms with Crippen LogP contribution in [0.4, 0.5) is 5.69 Å². The van der Waals surface area contributed by atoms with Gasteiger partial charge in [0.2, 0.25) is 0 Å². The molecule has 1 aromatic carbocycles. The summed E-state index contributed by atoms with van der Waals surface area (Å²) in [6.07, 6.45) is 3.84. The van der Waals surface area contributed by atoms with Crippen LogP contribution in [0.3, 0.4) is 0 Å². The second-order valence-electron chi connectivity index (χ2n) is 7.55. The number of benzene rings is 1. The summed E-state index contributed by atoms with van der Waals surface area (Å²) in [5.74, 6) is 0.488. The van der Waals surface area contributed by atoms with Crippen molar-refractivity contribution in [3.8, 4) is 11.5 Å². The molecule has 3 aromatic heterocycles. The fourth-order valence-corrected chi connectivity index (χ4v) is 3.84. The third-order valence-electron chi connectivity index (χ3n) is 5.31. The van der Waals surface area contributed by atoms with Gasteiger partial charge in [-0.3, -0.25) is 4.79 Å². The van der Waals surface area contributed by atoms with Crippen molar-refractivity contribution in [2.45, 2.75) is 19.9 Å². The topological polar surface area (TPSA) is 62.8 Å². The van der Waals surface area contributed by atoms with Gasteiger partial charge in [-0.2, -0.15) is 0 Å². The summed E-state index contributed by atoms with van der Waals surface area (Å²) >= 11 is 0. The minimum atomic E-state index is -0.0467. The molecule has 4 aromatic rings. The summed E-state index contributed by atoms with van der Waals surface area (Å²) < 4.78 is 7.98. The van der Waals surface area contributed by atoms with Crippen LogP contribution < -0.4 is 15.6 Å². The first-order valence-electron chi connectivity index (χ1n) is 9.59. The van der Waals surface area contributed by atoms with Crippen LogP contribution in [0.15, 0.2) is 58.0 Å². The van der Waals surface area contributed by atoms with Crippen molar-refractivity contribution in [3.05, 3.63) is 64.6 Å². The Morgan fingerprint density at radius 3 is 2.96 bits per heavy atom. The van der Waals surface area contributed by atoms with Crippen LogP contribution in [-0.4, -0.2) is 35.1 Å². The fourth-order valence-electron chi connectivity index (χ4n) is 3.84. The van der Waals surface area contributed by atoms with Gasteiger partial charge in [-0.05, 0) is 49.7 Å². The first-order valence-corrected chi connectivity index (χ1v) is 9.59. The number of imidazole rings is 1. The Labute approximate surface area is 162 Å². The first kappa shape index (κ1) is 17.0. The average molecular weight is 374 g/mol. The fraction of sp³-hybridized carbons (Fsp3) is 0.273. The molecule has 28 heavy (non-hydrogen) atoms. The van der Waals surface area contributed by atoms with Crippen molar-refractivity contribution in [2.24, 2.45) is 0 Å². The summed E-state index contributed by atoms with van der Waals surface area (Å²) in [6, 6.07) is 11.9. The predicted octanol–water partition coefficient (Wildman–Crippen LogP) is 3.21. The van der Waals surface area contributed by atoms with Crippen LogP contribution in [0.5, 0.6) is 0 Å². The number of nitrogens with zero attached hydrogens (tertiary/aromatic N) is 3. The average Bonchev–Trinajstić information content (AvgIpc) is 3.11. The molecule has 1 saturated heterocycles. The largest absolute Gasteiger partial charge is 0.454 e. The minimum absolute atomic E-state index is 0.0467. The zero-order chi connectivity index (χ0) is 19.3.